The van der Waals surface area contributed by atoms with Gasteiger partial charge in [0.05, 0.1) is 12.5 Å². The predicted octanol–water partition coefficient (Wildman–Crippen LogP) is 3.33. The minimum Gasteiger partial charge on any atom is -0.464 e. The minimum atomic E-state index is 0.406. The second-order valence-corrected chi connectivity index (χ2v) is 4.42. The molecule has 0 fully saturated rings. The smallest absolute Gasteiger partial charge is 0.137 e. The van der Waals surface area contributed by atoms with Gasteiger partial charge in [-0.25, -0.2) is 0 Å². The molecule has 88 valence electrons. The average molecular weight is 229 g/mol. The van der Waals surface area contributed by atoms with E-state index in [9.17, 15) is 0 Å². The van der Waals surface area contributed by atoms with E-state index in [1.54, 1.807) is 12.5 Å². The molecule has 0 amide bonds. The van der Waals surface area contributed by atoms with E-state index in [-0.39, 0.29) is 0 Å². The topological polar surface area (TPSA) is 38.3 Å². The molecule has 0 aliphatic heterocycles. The zero-order chi connectivity index (χ0) is 11.8. The number of likely N-dealkylation sites (N-methyl/N-ethyl adjacent to an activating group) is 1. The predicted molar refractivity (Wildman–Crippen MR) is 68.2 cm³/mol. The summed E-state index contributed by atoms with van der Waals surface area (Å²) >= 11 is 0. The molecule has 1 unspecified atom stereocenters. The number of fused-ring (bicyclic) bond motifs is 2. The number of hydrogen-bond donors (Lipinski definition) is 1. The van der Waals surface area contributed by atoms with Crippen LogP contribution in [0.3, 0.4) is 0 Å². The van der Waals surface area contributed by atoms with Gasteiger partial charge in [-0.15, -0.1) is 0 Å². The van der Waals surface area contributed by atoms with Crippen LogP contribution in [0.4, 0.5) is 0 Å². The molecule has 0 aliphatic rings. The van der Waals surface area contributed by atoms with Crippen molar-refractivity contribution in [3.05, 3.63) is 36.3 Å². The number of hydrogen-bond acceptors (Lipinski definition) is 3. The Morgan fingerprint density at radius 2 is 2.06 bits per heavy atom. The van der Waals surface area contributed by atoms with Gasteiger partial charge in [-0.2, -0.15) is 0 Å². The maximum absolute atomic E-state index is 5.60. The molecule has 2 heterocycles. The van der Waals surface area contributed by atoms with Crippen molar-refractivity contribution in [3.63, 3.8) is 0 Å². The number of rotatable bonds is 3. The summed E-state index contributed by atoms with van der Waals surface area (Å²) in [6.45, 7) is 2.16. The van der Waals surface area contributed by atoms with Gasteiger partial charge in [0.1, 0.15) is 11.2 Å². The molecule has 3 rings (SSSR count). The molecule has 3 aromatic rings. The van der Waals surface area contributed by atoms with Gasteiger partial charge >= 0.3 is 0 Å². The van der Waals surface area contributed by atoms with Crippen LogP contribution in [0.25, 0.3) is 21.9 Å². The third-order valence-corrected chi connectivity index (χ3v) is 3.28. The van der Waals surface area contributed by atoms with Crippen LogP contribution >= 0.6 is 0 Å². The van der Waals surface area contributed by atoms with Crippen molar-refractivity contribution in [2.24, 2.45) is 0 Å². The lowest BCUT2D eigenvalue weighted by molar-refractivity contribution is 0.585. The fraction of sp³-hybridized carbons (Fsp3) is 0.286. The van der Waals surface area contributed by atoms with E-state index in [0.717, 1.165) is 28.4 Å². The first kappa shape index (κ1) is 10.4. The van der Waals surface area contributed by atoms with E-state index in [4.69, 9.17) is 8.83 Å². The molecule has 1 N–H and O–H groups in total. The Labute approximate surface area is 99.4 Å². The van der Waals surface area contributed by atoms with Gasteiger partial charge in [-0.05, 0) is 38.6 Å². The first-order valence-corrected chi connectivity index (χ1v) is 5.83. The van der Waals surface area contributed by atoms with Gasteiger partial charge in [-0.1, -0.05) is 0 Å². The summed E-state index contributed by atoms with van der Waals surface area (Å²) in [5, 5.41) is 5.51. The van der Waals surface area contributed by atoms with Crippen LogP contribution < -0.4 is 5.32 Å². The van der Waals surface area contributed by atoms with Gasteiger partial charge in [0, 0.05) is 22.4 Å². The summed E-state index contributed by atoms with van der Waals surface area (Å²) in [6.07, 6.45) is 4.39. The molecule has 2 aromatic heterocycles. The van der Waals surface area contributed by atoms with Gasteiger partial charge in [0.25, 0.3) is 0 Å². The quantitative estimate of drug-likeness (QED) is 0.748. The molecular weight excluding hydrogens is 214 g/mol. The Morgan fingerprint density at radius 3 is 2.88 bits per heavy atom. The first-order chi connectivity index (χ1) is 8.29. The molecule has 3 heteroatoms. The van der Waals surface area contributed by atoms with E-state index < -0.39 is 0 Å². The summed E-state index contributed by atoms with van der Waals surface area (Å²) in [6, 6.07) is 6.42. The second-order valence-electron chi connectivity index (χ2n) is 4.42. The Kier molecular flexibility index (Phi) is 2.41. The summed E-state index contributed by atoms with van der Waals surface area (Å²) in [7, 11) is 1.97. The van der Waals surface area contributed by atoms with Crippen molar-refractivity contribution < 1.29 is 8.83 Å². The summed E-state index contributed by atoms with van der Waals surface area (Å²) in [4.78, 5) is 0. The molecule has 17 heavy (non-hydrogen) atoms. The lowest BCUT2D eigenvalue weighted by Crippen LogP contribution is -2.23. The van der Waals surface area contributed by atoms with E-state index in [1.165, 1.54) is 5.56 Å². The largest absolute Gasteiger partial charge is 0.464 e. The van der Waals surface area contributed by atoms with E-state index in [0.29, 0.717) is 6.04 Å². The Hall–Kier alpha value is -1.74. The SMILES string of the molecule is CNC(C)Cc1c2ccoc2cc2ccoc12. The molecule has 1 atom stereocenters. The highest BCUT2D eigenvalue weighted by molar-refractivity contribution is 5.97. The van der Waals surface area contributed by atoms with Crippen LogP contribution in [0.5, 0.6) is 0 Å². The minimum absolute atomic E-state index is 0.406. The summed E-state index contributed by atoms with van der Waals surface area (Å²) in [5.74, 6) is 0. The maximum Gasteiger partial charge on any atom is 0.137 e. The van der Waals surface area contributed by atoms with Crippen LogP contribution in [0, 0.1) is 0 Å². The Balaban J connectivity index is 2.26. The summed E-state index contributed by atoms with van der Waals surface area (Å²) < 4.78 is 11.1. The van der Waals surface area contributed by atoms with Gasteiger partial charge in [0.15, 0.2) is 0 Å². The van der Waals surface area contributed by atoms with Crippen molar-refractivity contribution in [1.29, 1.82) is 0 Å². The molecular formula is C14H15NO2. The average Bonchev–Trinajstić information content (AvgIpc) is 2.96. The lowest BCUT2D eigenvalue weighted by atomic mass is 10.0. The van der Waals surface area contributed by atoms with Crippen molar-refractivity contribution >= 4 is 21.9 Å². The maximum atomic E-state index is 5.60. The summed E-state index contributed by atoms with van der Waals surface area (Å²) in [5.41, 5.74) is 3.12. The number of furan rings is 2. The fourth-order valence-electron chi connectivity index (χ4n) is 2.23. The molecule has 0 bridgehead atoms. The van der Waals surface area contributed by atoms with Crippen molar-refractivity contribution in [1.82, 2.24) is 5.32 Å². The first-order valence-electron chi connectivity index (χ1n) is 5.83. The highest BCUT2D eigenvalue weighted by Gasteiger charge is 2.14. The van der Waals surface area contributed by atoms with Crippen LogP contribution in [0.2, 0.25) is 0 Å². The highest BCUT2D eigenvalue weighted by Crippen LogP contribution is 2.30. The van der Waals surface area contributed by atoms with E-state index >= 15 is 0 Å². The van der Waals surface area contributed by atoms with Crippen LogP contribution in [0.15, 0.2) is 39.6 Å². The van der Waals surface area contributed by atoms with Crippen LogP contribution in [-0.2, 0) is 6.42 Å². The molecule has 0 radical (unpaired) electrons. The Bertz CT molecular complexity index is 602. The van der Waals surface area contributed by atoms with Crippen molar-refractivity contribution in [3.8, 4) is 0 Å². The van der Waals surface area contributed by atoms with Gasteiger partial charge < -0.3 is 14.2 Å². The Morgan fingerprint density at radius 1 is 1.24 bits per heavy atom. The van der Waals surface area contributed by atoms with Crippen LogP contribution in [-0.4, -0.2) is 13.1 Å². The van der Waals surface area contributed by atoms with Gasteiger partial charge in [-0.3, -0.25) is 0 Å². The monoisotopic (exact) mass is 229 g/mol. The third kappa shape index (κ3) is 1.63. The molecule has 0 spiro atoms. The second kappa shape index (κ2) is 3.93. The molecule has 0 saturated carbocycles. The molecule has 1 aromatic carbocycles. The normalized spacial score (nSPS) is 13.5. The van der Waals surface area contributed by atoms with E-state index in [1.807, 2.05) is 25.2 Å². The zero-order valence-electron chi connectivity index (χ0n) is 9.99. The number of nitrogens with one attached hydrogen (secondary N) is 1. The van der Waals surface area contributed by atoms with Crippen molar-refractivity contribution in [2.45, 2.75) is 19.4 Å². The lowest BCUT2D eigenvalue weighted by Gasteiger charge is -2.11. The third-order valence-electron chi connectivity index (χ3n) is 3.28. The van der Waals surface area contributed by atoms with Gasteiger partial charge in [0.2, 0.25) is 0 Å². The van der Waals surface area contributed by atoms with Crippen LogP contribution in [0.1, 0.15) is 12.5 Å². The standard InChI is InChI=1S/C14H15NO2/c1-9(15-2)7-12-11-4-6-16-13(11)8-10-3-5-17-14(10)12/h3-6,8-9,15H,7H2,1-2H3. The van der Waals surface area contributed by atoms with E-state index in [2.05, 4.69) is 12.2 Å². The zero-order valence-corrected chi connectivity index (χ0v) is 9.99. The molecule has 0 saturated heterocycles. The molecule has 3 nitrogen and oxygen atoms in total. The number of benzene rings is 1. The highest BCUT2D eigenvalue weighted by atomic mass is 16.3. The fourth-order valence-corrected chi connectivity index (χ4v) is 2.23. The molecule has 0 aliphatic carbocycles. The van der Waals surface area contributed by atoms with Crippen molar-refractivity contribution in [2.75, 3.05) is 7.05 Å².